The van der Waals surface area contributed by atoms with Crippen LogP contribution in [0.15, 0.2) is 23.1 Å². The molecule has 0 saturated carbocycles. The van der Waals surface area contributed by atoms with Gasteiger partial charge in [0.2, 0.25) is 10.0 Å². The number of sulfonamides is 1. The van der Waals surface area contributed by atoms with Crippen molar-refractivity contribution in [3.63, 3.8) is 0 Å². The van der Waals surface area contributed by atoms with Crippen LogP contribution in [0.4, 0.5) is 0 Å². The zero-order valence-electron chi connectivity index (χ0n) is 12.0. The van der Waals surface area contributed by atoms with Crippen molar-refractivity contribution in [2.75, 3.05) is 13.7 Å². The molecule has 0 radical (unpaired) electrons. The molecule has 0 heterocycles. The second-order valence-electron chi connectivity index (χ2n) is 5.04. The van der Waals surface area contributed by atoms with Gasteiger partial charge in [0.1, 0.15) is 5.75 Å². The number of methoxy groups -OCH3 is 1. The normalized spacial score (nSPS) is 11.6. The lowest BCUT2D eigenvalue weighted by Crippen LogP contribution is -2.45. The second kappa shape index (κ2) is 7.08. The highest BCUT2D eigenvalue weighted by Gasteiger charge is 2.21. The summed E-state index contributed by atoms with van der Waals surface area (Å²) in [6.07, 6.45) is 0. The Labute approximate surface area is 130 Å². The largest absolute Gasteiger partial charge is 0.496 e. The van der Waals surface area contributed by atoms with Gasteiger partial charge in [0.15, 0.2) is 0 Å². The summed E-state index contributed by atoms with van der Waals surface area (Å²) in [7, 11) is -2.40. The maximum atomic E-state index is 12.1. The van der Waals surface area contributed by atoms with Crippen molar-refractivity contribution in [3.05, 3.63) is 23.8 Å². The van der Waals surface area contributed by atoms with E-state index in [1.807, 2.05) is 0 Å². The Morgan fingerprint density at radius 2 is 1.95 bits per heavy atom. The number of nitrogens with two attached hydrogens (primary N) is 2. The summed E-state index contributed by atoms with van der Waals surface area (Å²) in [6.45, 7) is 3.45. The SMILES string of the molecule is COc1ccc(S(=O)(=O)NCC(C)(C)N)cc1C(N)=O.Cl. The van der Waals surface area contributed by atoms with Crippen LogP contribution in [0.25, 0.3) is 0 Å². The third-order valence-corrected chi connectivity index (χ3v) is 3.86. The fourth-order valence-electron chi connectivity index (χ4n) is 1.41. The predicted molar refractivity (Wildman–Crippen MR) is 82.2 cm³/mol. The summed E-state index contributed by atoms with van der Waals surface area (Å²) >= 11 is 0. The fraction of sp³-hybridized carbons (Fsp3) is 0.417. The fourth-order valence-corrected chi connectivity index (χ4v) is 2.66. The molecule has 1 aromatic rings. The summed E-state index contributed by atoms with van der Waals surface area (Å²) in [5.74, 6) is -0.548. The molecular formula is C12H20ClN3O4S. The van der Waals surface area contributed by atoms with Gasteiger partial charge in [-0.1, -0.05) is 0 Å². The van der Waals surface area contributed by atoms with Crippen LogP contribution in [0.1, 0.15) is 24.2 Å². The van der Waals surface area contributed by atoms with Crippen LogP contribution in [-0.2, 0) is 10.0 Å². The van der Waals surface area contributed by atoms with Crippen LogP contribution >= 0.6 is 12.4 Å². The molecule has 120 valence electrons. The van der Waals surface area contributed by atoms with Crippen LogP contribution in [-0.4, -0.2) is 33.5 Å². The summed E-state index contributed by atoms with van der Waals surface area (Å²) in [6, 6.07) is 3.88. The minimum atomic E-state index is -3.77. The molecule has 0 bridgehead atoms. The molecular weight excluding hydrogens is 318 g/mol. The quantitative estimate of drug-likeness (QED) is 0.685. The van der Waals surface area contributed by atoms with Crippen LogP contribution in [0.3, 0.4) is 0 Å². The van der Waals surface area contributed by atoms with Crippen LogP contribution in [0.2, 0.25) is 0 Å². The molecule has 0 saturated heterocycles. The maximum Gasteiger partial charge on any atom is 0.252 e. The molecule has 1 amide bonds. The molecule has 9 heteroatoms. The van der Waals surface area contributed by atoms with Gasteiger partial charge in [-0.15, -0.1) is 12.4 Å². The van der Waals surface area contributed by atoms with Crippen molar-refractivity contribution in [1.29, 1.82) is 0 Å². The number of hydrogen-bond acceptors (Lipinski definition) is 5. The molecule has 5 N–H and O–H groups in total. The molecule has 0 aliphatic heterocycles. The topological polar surface area (TPSA) is 125 Å². The summed E-state index contributed by atoms with van der Waals surface area (Å²) in [5, 5.41) is 0. The highest BCUT2D eigenvalue weighted by atomic mass is 35.5. The van der Waals surface area contributed by atoms with E-state index in [1.54, 1.807) is 13.8 Å². The number of carbonyl (C=O) groups is 1. The lowest BCUT2D eigenvalue weighted by atomic mass is 10.1. The summed E-state index contributed by atoms with van der Waals surface area (Å²) in [4.78, 5) is 11.2. The zero-order valence-corrected chi connectivity index (χ0v) is 13.7. The highest BCUT2D eigenvalue weighted by Crippen LogP contribution is 2.22. The molecule has 0 atom stereocenters. The smallest absolute Gasteiger partial charge is 0.252 e. The van der Waals surface area contributed by atoms with Gasteiger partial charge in [0.05, 0.1) is 17.6 Å². The van der Waals surface area contributed by atoms with Gasteiger partial charge in [0.25, 0.3) is 5.91 Å². The molecule has 0 aromatic heterocycles. The molecule has 0 aliphatic rings. The Hall–Kier alpha value is -1.35. The molecule has 7 nitrogen and oxygen atoms in total. The molecule has 0 unspecified atom stereocenters. The van der Waals surface area contributed by atoms with E-state index in [9.17, 15) is 13.2 Å². The standard InChI is InChI=1S/C12H19N3O4S.ClH/c1-12(2,14)7-15-20(17,18)8-4-5-10(19-3)9(6-8)11(13)16;/h4-6,15H,7,14H2,1-3H3,(H2,13,16);1H. The number of hydrogen-bond donors (Lipinski definition) is 3. The lowest BCUT2D eigenvalue weighted by Gasteiger charge is -2.19. The van der Waals surface area contributed by atoms with Gasteiger partial charge >= 0.3 is 0 Å². The summed E-state index contributed by atoms with van der Waals surface area (Å²) in [5.41, 5.74) is 10.2. The minimum absolute atomic E-state index is 0. The molecule has 1 aromatic carbocycles. The van der Waals surface area contributed by atoms with Crippen molar-refractivity contribution in [2.24, 2.45) is 11.5 Å². The molecule has 21 heavy (non-hydrogen) atoms. The monoisotopic (exact) mass is 337 g/mol. The van der Waals surface area contributed by atoms with Gasteiger partial charge in [-0.05, 0) is 32.0 Å². The van der Waals surface area contributed by atoms with Crippen LogP contribution < -0.4 is 20.9 Å². The average molecular weight is 338 g/mol. The van der Waals surface area contributed by atoms with E-state index in [0.717, 1.165) is 0 Å². The Kier molecular flexibility index (Phi) is 6.62. The van der Waals surface area contributed by atoms with Crippen LogP contribution in [0, 0.1) is 0 Å². The number of primary amides is 1. The third-order valence-electron chi connectivity index (χ3n) is 2.46. The lowest BCUT2D eigenvalue weighted by molar-refractivity contribution is 0.0997. The van der Waals surface area contributed by atoms with Crippen molar-refractivity contribution >= 4 is 28.3 Å². The van der Waals surface area contributed by atoms with E-state index >= 15 is 0 Å². The van der Waals surface area contributed by atoms with Gasteiger partial charge in [-0.3, -0.25) is 4.79 Å². The van der Waals surface area contributed by atoms with E-state index in [1.165, 1.54) is 25.3 Å². The summed E-state index contributed by atoms with van der Waals surface area (Å²) < 4.78 is 31.5. The van der Waals surface area contributed by atoms with Gasteiger partial charge in [0, 0.05) is 12.1 Å². The number of carbonyl (C=O) groups excluding carboxylic acids is 1. The molecule has 0 fully saturated rings. The number of rotatable bonds is 6. The number of amides is 1. The second-order valence-corrected chi connectivity index (χ2v) is 6.81. The average Bonchev–Trinajstić information content (AvgIpc) is 2.35. The van der Waals surface area contributed by atoms with E-state index < -0.39 is 21.5 Å². The first-order valence-corrected chi connectivity index (χ1v) is 7.31. The Balaban J connectivity index is 0.00000400. The van der Waals surface area contributed by atoms with Crippen molar-refractivity contribution in [2.45, 2.75) is 24.3 Å². The maximum absolute atomic E-state index is 12.1. The number of halogens is 1. The zero-order chi connectivity index (χ0) is 15.6. The van der Waals surface area contributed by atoms with E-state index in [4.69, 9.17) is 16.2 Å². The Morgan fingerprint density at radius 1 is 1.38 bits per heavy atom. The van der Waals surface area contributed by atoms with Gasteiger partial charge < -0.3 is 16.2 Å². The molecule has 0 aliphatic carbocycles. The van der Waals surface area contributed by atoms with Gasteiger partial charge in [-0.2, -0.15) is 0 Å². The van der Waals surface area contributed by atoms with E-state index in [0.29, 0.717) is 0 Å². The van der Waals surface area contributed by atoms with Gasteiger partial charge in [-0.25, -0.2) is 13.1 Å². The third kappa shape index (κ3) is 5.50. The van der Waals surface area contributed by atoms with Crippen molar-refractivity contribution in [1.82, 2.24) is 4.72 Å². The first kappa shape index (κ1) is 19.7. The van der Waals surface area contributed by atoms with Crippen LogP contribution in [0.5, 0.6) is 5.75 Å². The number of nitrogens with one attached hydrogen (secondary N) is 1. The Bertz CT molecular complexity index is 611. The number of ether oxygens (including phenoxy) is 1. The van der Waals surface area contributed by atoms with Crippen molar-refractivity contribution in [3.8, 4) is 5.75 Å². The first-order chi connectivity index (χ1) is 9.07. The van der Waals surface area contributed by atoms with E-state index in [-0.39, 0.29) is 35.2 Å². The highest BCUT2D eigenvalue weighted by molar-refractivity contribution is 7.89. The predicted octanol–water partition coefficient (Wildman–Crippen LogP) is 0.231. The minimum Gasteiger partial charge on any atom is -0.496 e. The number of benzene rings is 1. The Morgan fingerprint density at radius 3 is 2.38 bits per heavy atom. The molecule has 0 spiro atoms. The van der Waals surface area contributed by atoms with Crippen molar-refractivity contribution < 1.29 is 17.9 Å². The van der Waals surface area contributed by atoms with E-state index in [2.05, 4.69) is 4.72 Å². The molecule has 1 rings (SSSR count). The first-order valence-electron chi connectivity index (χ1n) is 5.83.